The van der Waals surface area contributed by atoms with E-state index in [4.69, 9.17) is 35.3 Å². The quantitative estimate of drug-likeness (QED) is 0.150. The molecule has 1 atom stereocenters. The predicted molar refractivity (Wildman–Crippen MR) is 200 cm³/mol. The van der Waals surface area contributed by atoms with Gasteiger partial charge in [-0.05, 0) is 41.1 Å². The third kappa shape index (κ3) is 7.05. The molecule has 0 N–H and O–H groups in total. The second-order valence-electron chi connectivity index (χ2n) is 12.9. The van der Waals surface area contributed by atoms with Crippen molar-refractivity contribution in [1.29, 1.82) is 0 Å². The molecular weight excluding hydrogens is 686 g/mol. The topological polar surface area (TPSA) is 107 Å². The molecule has 0 unspecified atom stereocenters. The molecular formula is C40H42ClN3O8. The van der Waals surface area contributed by atoms with E-state index in [2.05, 4.69) is 0 Å². The number of carbonyl (C=O) groups excluding carboxylic acids is 3. The van der Waals surface area contributed by atoms with E-state index in [0.29, 0.717) is 53.1 Å². The van der Waals surface area contributed by atoms with E-state index in [1.54, 1.807) is 46.4 Å². The summed E-state index contributed by atoms with van der Waals surface area (Å²) in [5.74, 6) is 1.77. The van der Waals surface area contributed by atoms with Crippen molar-refractivity contribution in [2.45, 2.75) is 25.9 Å². The summed E-state index contributed by atoms with van der Waals surface area (Å²) in [6, 6.07) is 19.0. The average Bonchev–Trinajstić information content (AvgIpc) is 3.77. The summed E-state index contributed by atoms with van der Waals surface area (Å²) in [5.41, 5.74) is 5.78. The van der Waals surface area contributed by atoms with E-state index in [0.717, 1.165) is 38.6 Å². The molecule has 2 aliphatic rings. The highest BCUT2D eigenvalue weighted by Crippen LogP contribution is 2.49. The van der Waals surface area contributed by atoms with Crippen LogP contribution >= 0.6 is 11.6 Å². The van der Waals surface area contributed by atoms with Crippen LogP contribution in [-0.4, -0.2) is 88.8 Å². The molecule has 4 aromatic rings. The highest BCUT2D eigenvalue weighted by molar-refractivity contribution is 6.19. The average molecular weight is 728 g/mol. The van der Waals surface area contributed by atoms with Gasteiger partial charge in [-0.15, -0.1) is 11.6 Å². The van der Waals surface area contributed by atoms with E-state index in [9.17, 15) is 14.4 Å². The number of ether oxygens (including phenoxy) is 5. The number of alkyl halides is 1. The number of hydrogen-bond donors (Lipinski definition) is 0. The fraction of sp³-hybridized carbons (Fsp3) is 0.325. The first-order chi connectivity index (χ1) is 25.1. The van der Waals surface area contributed by atoms with Gasteiger partial charge in [-0.1, -0.05) is 54.1 Å². The standard InChI is InChI=1S/C40H42ClN3O8/c1-24-11-13-25(14-12-24)23-51-39(46)42(2)15-16-43(3)40(47)52-33-20-32-35(30-10-8-7-9-29(30)33)28(21-41)22-44(32)38(45)27-17-26-19-34(48-4)37(50-6)36(49-5)31(26)18-27/h7-14,17,19-20,28H,15-16,18,21-23H2,1-6H3/t28-/m1/s1. The minimum absolute atomic E-state index is 0.140. The first kappa shape index (κ1) is 36.4. The Morgan fingerprint density at radius 1 is 0.846 bits per heavy atom. The maximum atomic E-state index is 14.3. The zero-order valence-corrected chi connectivity index (χ0v) is 30.9. The first-order valence-electron chi connectivity index (χ1n) is 16.9. The molecule has 1 heterocycles. The van der Waals surface area contributed by atoms with Gasteiger partial charge < -0.3 is 38.4 Å². The molecule has 4 aromatic carbocycles. The van der Waals surface area contributed by atoms with E-state index >= 15 is 0 Å². The Bertz CT molecular complexity index is 2050. The van der Waals surface area contributed by atoms with Crippen molar-refractivity contribution >= 4 is 52.2 Å². The summed E-state index contributed by atoms with van der Waals surface area (Å²) < 4.78 is 28.2. The normalized spacial score (nSPS) is 14.3. The molecule has 0 aromatic heterocycles. The highest BCUT2D eigenvalue weighted by atomic mass is 35.5. The van der Waals surface area contributed by atoms with Crippen LogP contribution in [0, 0.1) is 6.92 Å². The van der Waals surface area contributed by atoms with Gasteiger partial charge in [0.15, 0.2) is 11.5 Å². The van der Waals surface area contributed by atoms with Gasteiger partial charge in [0.1, 0.15) is 12.4 Å². The number of carbonyl (C=O) groups is 3. The lowest BCUT2D eigenvalue weighted by molar-refractivity contribution is -0.115. The van der Waals surface area contributed by atoms with Gasteiger partial charge in [0, 0.05) is 74.5 Å². The molecule has 0 saturated heterocycles. The number of anilines is 1. The SMILES string of the molecule is COc1cc2c(c(OC)c1OC)CC(C(=O)N1C[C@@H](CCl)c3c1cc(OC(=O)N(C)CCN(C)C(=O)OCc1ccc(C)cc1)c1ccccc31)=C2. The molecule has 0 spiro atoms. The van der Waals surface area contributed by atoms with E-state index in [1.165, 1.54) is 9.80 Å². The summed E-state index contributed by atoms with van der Waals surface area (Å²) in [6.45, 7) is 2.93. The number of methoxy groups -OCH3 is 3. The summed E-state index contributed by atoms with van der Waals surface area (Å²) in [7, 11) is 7.88. The zero-order chi connectivity index (χ0) is 37.1. The summed E-state index contributed by atoms with van der Waals surface area (Å²) >= 11 is 6.52. The number of halogens is 1. The van der Waals surface area contributed by atoms with E-state index in [1.807, 2.05) is 67.6 Å². The number of amides is 3. The fourth-order valence-corrected chi connectivity index (χ4v) is 6.95. The maximum absolute atomic E-state index is 14.3. The molecule has 6 rings (SSSR count). The number of hydrogen-bond acceptors (Lipinski definition) is 8. The van der Waals surface area contributed by atoms with Crippen molar-refractivity contribution in [1.82, 2.24) is 9.80 Å². The van der Waals surface area contributed by atoms with Gasteiger partial charge in [0.2, 0.25) is 5.75 Å². The molecule has 1 aliphatic carbocycles. The number of likely N-dealkylation sites (N-methyl/N-ethyl adjacent to an activating group) is 2. The molecule has 3 amide bonds. The van der Waals surface area contributed by atoms with Crippen LogP contribution < -0.4 is 23.8 Å². The summed E-state index contributed by atoms with van der Waals surface area (Å²) in [5, 5.41) is 1.57. The fourth-order valence-electron chi connectivity index (χ4n) is 6.70. The second kappa shape index (κ2) is 15.4. The lowest BCUT2D eigenvalue weighted by Crippen LogP contribution is -2.38. The van der Waals surface area contributed by atoms with Gasteiger partial charge in [-0.25, -0.2) is 9.59 Å². The number of benzene rings is 4. The third-order valence-electron chi connectivity index (χ3n) is 9.57. The Kier molecular flexibility index (Phi) is 10.8. The zero-order valence-electron chi connectivity index (χ0n) is 30.2. The lowest BCUT2D eigenvalue weighted by atomic mass is 9.95. The van der Waals surface area contributed by atoms with Crippen LogP contribution in [0.15, 0.2) is 66.2 Å². The first-order valence-corrected chi connectivity index (χ1v) is 17.4. The predicted octanol–water partition coefficient (Wildman–Crippen LogP) is 7.18. The minimum Gasteiger partial charge on any atom is -0.493 e. The smallest absolute Gasteiger partial charge is 0.415 e. The number of rotatable bonds is 11. The van der Waals surface area contributed by atoms with Crippen LogP contribution in [0.3, 0.4) is 0 Å². The van der Waals surface area contributed by atoms with Crippen LogP contribution in [-0.2, 0) is 22.6 Å². The maximum Gasteiger partial charge on any atom is 0.415 e. The third-order valence-corrected chi connectivity index (χ3v) is 9.95. The van der Waals surface area contributed by atoms with Crippen LogP contribution in [0.1, 0.15) is 33.7 Å². The molecule has 1 aliphatic heterocycles. The Hall–Kier alpha value is -5.42. The van der Waals surface area contributed by atoms with Gasteiger partial charge in [0.05, 0.1) is 27.0 Å². The molecule has 11 nitrogen and oxygen atoms in total. The Labute approximate surface area is 308 Å². The van der Waals surface area contributed by atoms with Crippen molar-refractivity contribution in [3.05, 3.63) is 94.1 Å². The largest absolute Gasteiger partial charge is 0.493 e. The Morgan fingerprint density at radius 2 is 1.52 bits per heavy atom. The minimum atomic E-state index is -0.611. The molecule has 0 saturated carbocycles. The Morgan fingerprint density at radius 3 is 2.17 bits per heavy atom. The van der Waals surface area contributed by atoms with Crippen molar-refractivity contribution < 1.29 is 38.1 Å². The molecule has 0 radical (unpaired) electrons. The number of nitrogens with zero attached hydrogens (tertiary/aromatic N) is 3. The van der Waals surface area contributed by atoms with E-state index in [-0.39, 0.29) is 31.5 Å². The lowest BCUT2D eigenvalue weighted by Gasteiger charge is -2.23. The summed E-state index contributed by atoms with van der Waals surface area (Å²) in [6.07, 6.45) is 1.08. The van der Waals surface area contributed by atoms with Crippen LogP contribution in [0.2, 0.25) is 0 Å². The van der Waals surface area contributed by atoms with Crippen molar-refractivity contribution in [2.75, 3.05) is 65.8 Å². The second-order valence-corrected chi connectivity index (χ2v) is 13.2. The molecule has 0 fully saturated rings. The molecule has 0 bridgehead atoms. The van der Waals surface area contributed by atoms with Gasteiger partial charge in [-0.3, -0.25) is 4.79 Å². The Balaban J connectivity index is 1.20. The number of fused-ring (bicyclic) bond motifs is 4. The highest BCUT2D eigenvalue weighted by Gasteiger charge is 2.38. The van der Waals surface area contributed by atoms with Crippen LogP contribution in [0.25, 0.3) is 16.8 Å². The van der Waals surface area contributed by atoms with Crippen molar-refractivity contribution in [3.63, 3.8) is 0 Å². The van der Waals surface area contributed by atoms with Gasteiger partial charge in [0.25, 0.3) is 5.91 Å². The van der Waals surface area contributed by atoms with Crippen molar-refractivity contribution in [3.8, 4) is 23.0 Å². The van der Waals surface area contributed by atoms with Crippen LogP contribution in [0.5, 0.6) is 23.0 Å². The number of aryl methyl sites for hydroxylation is 1. The molecule has 12 heteroatoms. The molecule has 272 valence electrons. The summed E-state index contributed by atoms with van der Waals surface area (Å²) in [4.78, 5) is 44.9. The molecule has 52 heavy (non-hydrogen) atoms. The van der Waals surface area contributed by atoms with Crippen molar-refractivity contribution in [2.24, 2.45) is 0 Å². The monoisotopic (exact) mass is 727 g/mol. The van der Waals surface area contributed by atoms with Crippen LogP contribution in [0.4, 0.5) is 15.3 Å². The van der Waals surface area contributed by atoms with Gasteiger partial charge >= 0.3 is 12.2 Å². The van der Waals surface area contributed by atoms with E-state index < -0.39 is 12.2 Å². The van der Waals surface area contributed by atoms with Gasteiger partial charge in [-0.2, -0.15) is 0 Å².